The number of rotatable bonds is 4. The first-order chi connectivity index (χ1) is 10.3. The normalized spacial score (nSPS) is 12.9. The molecule has 5 nitrogen and oxygen atoms in total. The Balaban J connectivity index is 2.23. The lowest BCUT2D eigenvalue weighted by atomic mass is 10.0. The second-order valence-electron chi connectivity index (χ2n) is 4.61. The van der Waals surface area contributed by atoms with E-state index in [1.807, 2.05) is 24.3 Å². The number of aromatic amines is 1. The van der Waals surface area contributed by atoms with Crippen LogP contribution in [-0.4, -0.2) is 33.8 Å². The van der Waals surface area contributed by atoms with Gasteiger partial charge in [0.05, 0.1) is 7.11 Å². The van der Waals surface area contributed by atoms with Gasteiger partial charge >= 0.3 is 5.97 Å². The molecule has 1 aromatic carbocycles. The fraction of sp³-hybridized carbons (Fsp3) is 0.286. The fourth-order valence-corrected chi connectivity index (χ4v) is 2.26. The van der Waals surface area contributed by atoms with Crippen LogP contribution in [0.1, 0.15) is 5.56 Å². The largest absolute Gasteiger partial charge is 0.467 e. The number of hydrogen-bond acceptors (Lipinski definition) is 3. The Hall–Kier alpha value is -1.43. The lowest BCUT2D eigenvalue weighted by molar-refractivity contribution is -0.144. The van der Waals surface area contributed by atoms with E-state index >= 15 is 0 Å². The van der Waals surface area contributed by atoms with Crippen LogP contribution in [0.3, 0.4) is 0 Å². The molecule has 0 aliphatic heterocycles. The van der Waals surface area contributed by atoms with E-state index in [1.54, 1.807) is 6.20 Å². The van der Waals surface area contributed by atoms with Gasteiger partial charge in [-0.3, -0.25) is 4.79 Å². The summed E-state index contributed by atoms with van der Waals surface area (Å²) in [5.74, 6) is -1.50. The van der Waals surface area contributed by atoms with Gasteiger partial charge < -0.3 is 15.0 Å². The maximum atomic E-state index is 11.9. The second kappa shape index (κ2) is 6.77. The van der Waals surface area contributed by atoms with Gasteiger partial charge in [0, 0.05) is 23.5 Å². The van der Waals surface area contributed by atoms with E-state index in [4.69, 9.17) is 39.5 Å². The highest BCUT2D eigenvalue weighted by atomic mass is 35.6. The minimum atomic E-state index is -2.15. The van der Waals surface area contributed by atoms with Crippen molar-refractivity contribution in [1.29, 1.82) is 0 Å². The van der Waals surface area contributed by atoms with E-state index in [-0.39, 0.29) is 6.42 Å². The van der Waals surface area contributed by atoms with E-state index in [2.05, 4.69) is 10.3 Å². The minimum absolute atomic E-state index is 0.211. The predicted molar refractivity (Wildman–Crippen MR) is 86.2 cm³/mol. The third-order valence-electron chi connectivity index (χ3n) is 3.15. The molecule has 2 N–H and O–H groups in total. The number of fused-ring (bicyclic) bond motifs is 1. The molecule has 0 aliphatic rings. The Kier molecular flexibility index (Phi) is 5.21. The number of carbonyl (C=O) groups is 2. The molecule has 0 radical (unpaired) electrons. The van der Waals surface area contributed by atoms with Crippen molar-refractivity contribution in [2.75, 3.05) is 7.11 Å². The monoisotopic (exact) mass is 362 g/mol. The first-order valence-corrected chi connectivity index (χ1v) is 7.47. The molecule has 22 heavy (non-hydrogen) atoms. The van der Waals surface area contributed by atoms with Crippen molar-refractivity contribution in [2.24, 2.45) is 0 Å². The second-order valence-corrected chi connectivity index (χ2v) is 6.89. The molecule has 0 bridgehead atoms. The zero-order valence-electron chi connectivity index (χ0n) is 11.5. The van der Waals surface area contributed by atoms with Crippen molar-refractivity contribution in [3.05, 3.63) is 36.0 Å². The Morgan fingerprint density at radius 1 is 1.32 bits per heavy atom. The molecule has 0 aliphatic carbocycles. The van der Waals surface area contributed by atoms with Crippen molar-refractivity contribution in [2.45, 2.75) is 16.3 Å². The zero-order valence-corrected chi connectivity index (χ0v) is 13.8. The molecule has 0 saturated carbocycles. The highest BCUT2D eigenvalue weighted by Gasteiger charge is 2.34. The number of nitrogens with one attached hydrogen (secondary N) is 2. The number of esters is 1. The predicted octanol–water partition coefficient (Wildman–Crippen LogP) is 2.74. The van der Waals surface area contributed by atoms with E-state index < -0.39 is 21.7 Å². The van der Waals surface area contributed by atoms with Gasteiger partial charge in [-0.2, -0.15) is 0 Å². The SMILES string of the molecule is COC(=O)[C@H](Cc1c[nH]c2ccccc12)NC(=O)C(Cl)(Cl)Cl. The highest BCUT2D eigenvalue weighted by molar-refractivity contribution is 6.76. The van der Waals surface area contributed by atoms with Crippen LogP contribution in [0.4, 0.5) is 0 Å². The summed E-state index contributed by atoms with van der Waals surface area (Å²) in [4.78, 5) is 26.7. The average Bonchev–Trinajstić information content (AvgIpc) is 2.88. The summed E-state index contributed by atoms with van der Waals surface area (Å²) in [6, 6.07) is 6.64. The van der Waals surface area contributed by atoms with E-state index in [1.165, 1.54) is 7.11 Å². The summed E-state index contributed by atoms with van der Waals surface area (Å²) in [5.41, 5.74) is 1.77. The van der Waals surface area contributed by atoms with E-state index in [0.29, 0.717) is 0 Å². The first-order valence-electron chi connectivity index (χ1n) is 6.33. The van der Waals surface area contributed by atoms with Crippen LogP contribution in [-0.2, 0) is 20.7 Å². The number of carbonyl (C=O) groups excluding carboxylic acids is 2. The number of benzene rings is 1. The Morgan fingerprint density at radius 2 is 2.00 bits per heavy atom. The number of para-hydroxylation sites is 1. The number of alkyl halides is 3. The number of halogens is 3. The lowest BCUT2D eigenvalue weighted by Crippen LogP contribution is -2.47. The van der Waals surface area contributed by atoms with Crippen molar-refractivity contribution in [1.82, 2.24) is 10.3 Å². The number of hydrogen-bond donors (Lipinski definition) is 2. The summed E-state index contributed by atoms with van der Waals surface area (Å²) < 4.78 is 2.55. The molecule has 0 spiro atoms. The summed E-state index contributed by atoms with van der Waals surface area (Å²) in [6.45, 7) is 0. The van der Waals surface area contributed by atoms with Crippen molar-refractivity contribution < 1.29 is 14.3 Å². The maximum Gasteiger partial charge on any atom is 0.328 e. The van der Waals surface area contributed by atoms with Gasteiger partial charge in [0.15, 0.2) is 0 Å². The molecule has 1 amide bonds. The van der Waals surface area contributed by atoms with E-state index in [9.17, 15) is 9.59 Å². The molecular weight excluding hydrogens is 351 g/mol. The van der Waals surface area contributed by atoms with Gasteiger partial charge in [-0.15, -0.1) is 0 Å². The minimum Gasteiger partial charge on any atom is -0.467 e. The summed E-state index contributed by atoms with van der Waals surface area (Å²) >= 11 is 16.5. The third-order valence-corrected chi connectivity index (χ3v) is 3.66. The maximum absolute atomic E-state index is 11.9. The molecule has 2 rings (SSSR count). The molecular formula is C14H13Cl3N2O3. The molecule has 0 saturated heterocycles. The van der Waals surface area contributed by atoms with Crippen molar-refractivity contribution in [3.63, 3.8) is 0 Å². The summed E-state index contributed by atoms with van der Waals surface area (Å²) in [6.07, 6.45) is 1.98. The van der Waals surface area contributed by atoms with Crippen LogP contribution < -0.4 is 5.32 Å². The molecule has 0 fully saturated rings. The third kappa shape index (κ3) is 3.85. The van der Waals surface area contributed by atoms with Gasteiger partial charge in [0.2, 0.25) is 0 Å². The van der Waals surface area contributed by atoms with Gasteiger partial charge in [0.25, 0.3) is 9.70 Å². The number of H-pyrrole nitrogens is 1. The van der Waals surface area contributed by atoms with Gasteiger partial charge in [-0.25, -0.2) is 4.79 Å². The van der Waals surface area contributed by atoms with Crippen LogP contribution in [0, 0.1) is 0 Å². The Labute approximate surface area is 141 Å². The molecule has 118 valence electrons. The number of methoxy groups -OCH3 is 1. The molecule has 1 atom stereocenters. The van der Waals surface area contributed by atoms with Crippen LogP contribution in [0.2, 0.25) is 0 Å². The zero-order chi connectivity index (χ0) is 16.3. The fourth-order valence-electron chi connectivity index (χ4n) is 2.10. The topological polar surface area (TPSA) is 71.2 Å². The van der Waals surface area contributed by atoms with Gasteiger partial charge in [0.1, 0.15) is 6.04 Å². The summed E-state index contributed by atoms with van der Waals surface area (Å²) in [5, 5.41) is 3.33. The van der Waals surface area contributed by atoms with Gasteiger partial charge in [-0.05, 0) is 11.6 Å². The smallest absolute Gasteiger partial charge is 0.328 e. The van der Waals surface area contributed by atoms with Crippen molar-refractivity contribution >= 4 is 57.6 Å². The molecule has 0 unspecified atom stereocenters. The van der Waals surface area contributed by atoms with Crippen LogP contribution in [0.15, 0.2) is 30.5 Å². The first kappa shape index (κ1) is 16.9. The number of amides is 1. The quantitative estimate of drug-likeness (QED) is 0.648. The van der Waals surface area contributed by atoms with Gasteiger partial charge in [-0.1, -0.05) is 53.0 Å². The lowest BCUT2D eigenvalue weighted by Gasteiger charge is -2.19. The molecule has 2 aromatic rings. The van der Waals surface area contributed by atoms with Crippen LogP contribution in [0.25, 0.3) is 10.9 Å². The summed E-state index contributed by atoms with van der Waals surface area (Å²) in [7, 11) is 1.23. The standard InChI is InChI=1S/C14H13Cl3N2O3/c1-22-12(20)11(19-13(21)14(15,16)17)6-8-7-18-10-5-3-2-4-9(8)10/h2-5,7,11,18H,6H2,1H3,(H,19,21)/t11-/m0/s1. The number of ether oxygens (including phenoxy) is 1. The molecule has 1 heterocycles. The molecule has 1 aromatic heterocycles. The van der Waals surface area contributed by atoms with Crippen LogP contribution >= 0.6 is 34.8 Å². The average molecular weight is 364 g/mol. The molecule has 8 heteroatoms. The Morgan fingerprint density at radius 3 is 2.64 bits per heavy atom. The highest BCUT2D eigenvalue weighted by Crippen LogP contribution is 2.26. The van der Waals surface area contributed by atoms with E-state index in [0.717, 1.165) is 16.5 Å². The Bertz CT molecular complexity index is 694. The van der Waals surface area contributed by atoms with Crippen molar-refractivity contribution in [3.8, 4) is 0 Å². The van der Waals surface area contributed by atoms with Crippen LogP contribution in [0.5, 0.6) is 0 Å². The number of aromatic nitrogens is 1.